The van der Waals surface area contributed by atoms with E-state index in [1.54, 1.807) is 25.6 Å². The zero-order valence-electron chi connectivity index (χ0n) is 10.5. The molecule has 96 valence electrons. The maximum Gasteiger partial charge on any atom is 0.315 e. The SMILES string of the molecule is CSCC(C)Nc1nc(C(C)(C)C(=O)O)cs1. The van der Waals surface area contributed by atoms with E-state index in [1.165, 1.54) is 11.3 Å². The summed E-state index contributed by atoms with van der Waals surface area (Å²) < 4.78 is 0. The number of aliphatic carboxylic acids is 1. The molecule has 0 amide bonds. The van der Waals surface area contributed by atoms with Crippen LogP contribution >= 0.6 is 23.1 Å². The predicted molar refractivity (Wildman–Crippen MR) is 74.2 cm³/mol. The number of carbonyl (C=O) groups is 1. The minimum Gasteiger partial charge on any atom is -0.481 e. The topological polar surface area (TPSA) is 62.2 Å². The van der Waals surface area contributed by atoms with Crippen molar-refractivity contribution in [3.63, 3.8) is 0 Å². The molecule has 1 unspecified atom stereocenters. The number of hydrogen-bond acceptors (Lipinski definition) is 5. The van der Waals surface area contributed by atoms with Crippen LogP contribution in [-0.2, 0) is 10.2 Å². The molecule has 2 N–H and O–H groups in total. The van der Waals surface area contributed by atoms with E-state index < -0.39 is 11.4 Å². The van der Waals surface area contributed by atoms with E-state index in [2.05, 4.69) is 23.5 Å². The number of hydrogen-bond donors (Lipinski definition) is 2. The second-order valence-corrected chi connectivity index (χ2v) is 6.24. The summed E-state index contributed by atoms with van der Waals surface area (Å²) >= 11 is 3.22. The zero-order chi connectivity index (χ0) is 13.1. The largest absolute Gasteiger partial charge is 0.481 e. The van der Waals surface area contributed by atoms with Crippen molar-refractivity contribution in [1.82, 2.24) is 4.98 Å². The van der Waals surface area contributed by atoms with Crippen LogP contribution in [0.25, 0.3) is 0 Å². The summed E-state index contributed by atoms with van der Waals surface area (Å²) in [7, 11) is 0. The van der Waals surface area contributed by atoms with Crippen molar-refractivity contribution in [2.75, 3.05) is 17.3 Å². The third-order valence-electron chi connectivity index (χ3n) is 2.47. The Balaban J connectivity index is 2.75. The van der Waals surface area contributed by atoms with Crippen molar-refractivity contribution >= 4 is 34.2 Å². The fourth-order valence-electron chi connectivity index (χ4n) is 1.24. The Hall–Kier alpha value is -0.750. The normalized spacial score (nSPS) is 13.4. The van der Waals surface area contributed by atoms with Gasteiger partial charge >= 0.3 is 5.97 Å². The van der Waals surface area contributed by atoms with E-state index in [4.69, 9.17) is 5.11 Å². The number of aromatic nitrogens is 1. The second kappa shape index (κ2) is 5.73. The molecule has 0 saturated heterocycles. The first-order valence-electron chi connectivity index (χ1n) is 5.32. The third kappa shape index (κ3) is 3.61. The van der Waals surface area contributed by atoms with Gasteiger partial charge in [-0.1, -0.05) is 0 Å². The maximum absolute atomic E-state index is 11.1. The molecule has 0 radical (unpaired) electrons. The average Bonchev–Trinajstić information content (AvgIpc) is 2.66. The molecule has 0 aliphatic carbocycles. The van der Waals surface area contributed by atoms with Gasteiger partial charge in [0.05, 0.1) is 5.69 Å². The average molecular weight is 274 g/mol. The number of anilines is 1. The van der Waals surface area contributed by atoms with Crippen LogP contribution in [0.15, 0.2) is 5.38 Å². The molecule has 1 atom stereocenters. The number of thiazole rings is 1. The highest BCUT2D eigenvalue weighted by Crippen LogP contribution is 2.27. The summed E-state index contributed by atoms with van der Waals surface area (Å²) in [5.74, 6) is 0.142. The van der Waals surface area contributed by atoms with E-state index in [0.29, 0.717) is 11.7 Å². The summed E-state index contributed by atoms with van der Waals surface area (Å²) in [5, 5.41) is 15.0. The zero-order valence-corrected chi connectivity index (χ0v) is 12.1. The predicted octanol–water partition coefficient (Wildman–Crippen LogP) is 2.67. The summed E-state index contributed by atoms with van der Waals surface area (Å²) in [6.45, 7) is 5.42. The fraction of sp³-hybridized carbons (Fsp3) is 0.636. The number of carboxylic acid groups (broad SMARTS) is 1. The highest BCUT2D eigenvalue weighted by Gasteiger charge is 2.32. The van der Waals surface area contributed by atoms with Gasteiger partial charge in [0.15, 0.2) is 5.13 Å². The van der Waals surface area contributed by atoms with Gasteiger partial charge in [-0.3, -0.25) is 4.79 Å². The molecular weight excluding hydrogens is 256 g/mol. The minimum atomic E-state index is -0.931. The summed E-state index contributed by atoms with van der Waals surface area (Å²) in [6.07, 6.45) is 2.05. The van der Waals surface area contributed by atoms with Crippen LogP contribution in [0.3, 0.4) is 0 Å². The van der Waals surface area contributed by atoms with Crippen LogP contribution in [0.5, 0.6) is 0 Å². The number of nitrogens with zero attached hydrogens (tertiary/aromatic N) is 1. The lowest BCUT2D eigenvalue weighted by atomic mass is 9.90. The molecule has 0 saturated carbocycles. The lowest BCUT2D eigenvalue weighted by molar-refractivity contribution is -0.142. The molecule has 1 rings (SSSR count). The fourth-order valence-corrected chi connectivity index (χ4v) is 2.81. The Bertz CT molecular complexity index is 391. The van der Waals surface area contributed by atoms with Gasteiger partial charge in [0, 0.05) is 17.2 Å². The first kappa shape index (κ1) is 14.3. The first-order valence-corrected chi connectivity index (χ1v) is 7.60. The van der Waals surface area contributed by atoms with Gasteiger partial charge in [-0.05, 0) is 27.0 Å². The van der Waals surface area contributed by atoms with Crippen LogP contribution in [0.4, 0.5) is 5.13 Å². The van der Waals surface area contributed by atoms with Gasteiger partial charge in [0.25, 0.3) is 0 Å². The molecule has 1 aromatic rings. The lowest BCUT2D eigenvalue weighted by Crippen LogP contribution is -2.29. The van der Waals surface area contributed by atoms with Crippen molar-refractivity contribution < 1.29 is 9.90 Å². The smallest absolute Gasteiger partial charge is 0.315 e. The molecule has 17 heavy (non-hydrogen) atoms. The molecule has 0 fully saturated rings. The molecular formula is C11H18N2O2S2. The monoisotopic (exact) mass is 274 g/mol. The second-order valence-electron chi connectivity index (χ2n) is 4.47. The van der Waals surface area contributed by atoms with Gasteiger partial charge in [0.2, 0.25) is 0 Å². The van der Waals surface area contributed by atoms with Crippen LogP contribution in [0.2, 0.25) is 0 Å². The first-order chi connectivity index (χ1) is 7.87. The van der Waals surface area contributed by atoms with Crippen LogP contribution in [-0.4, -0.2) is 34.1 Å². The van der Waals surface area contributed by atoms with Crippen molar-refractivity contribution in [3.05, 3.63) is 11.1 Å². The van der Waals surface area contributed by atoms with Crippen molar-refractivity contribution in [3.8, 4) is 0 Å². The molecule has 0 bridgehead atoms. The Morgan fingerprint density at radius 1 is 1.71 bits per heavy atom. The van der Waals surface area contributed by atoms with E-state index in [-0.39, 0.29) is 0 Å². The van der Waals surface area contributed by atoms with Gasteiger partial charge in [0.1, 0.15) is 5.41 Å². The molecule has 0 aliphatic heterocycles. The van der Waals surface area contributed by atoms with Gasteiger partial charge in [-0.2, -0.15) is 11.8 Å². The molecule has 0 aromatic carbocycles. The molecule has 0 spiro atoms. The Morgan fingerprint density at radius 3 is 2.88 bits per heavy atom. The molecule has 6 heteroatoms. The van der Waals surface area contributed by atoms with Crippen LogP contribution < -0.4 is 5.32 Å². The summed E-state index contributed by atoms with van der Waals surface area (Å²) in [5.41, 5.74) is -0.326. The Kier molecular flexibility index (Phi) is 4.82. The van der Waals surface area contributed by atoms with E-state index in [1.807, 2.05) is 5.38 Å². The summed E-state index contributed by atoms with van der Waals surface area (Å²) in [6, 6.07) is 0.331. The van der Waals surface area contributed by atoms with Gasteiger partial charge in [-0.25, -0.2) is 4.98 Å². The summed E-state index contributed by atoms with van der Waals surface area (Å²) in [4.78, 5) is 15.4. The minimum absolute atomic E-state index is 0.331. The quantitative estimate of drug-likeness (QED) is 0.835. The highest BCUT2D eigenvalue weighted by atomic mass is 32.2. The van der Waals surface area contributed by atoms with Gasteiger partial charge in [-0.15, -0.1) is 11.3 Å². The number of nitrogens with one attached hydrogen (secondary N) is 1. The van der Waals surface area contributed by atoms with Gasteiger partial charge < -0.3 is 10.4 Å². The molecule has 1 heterocycles. The number of rotatable bonds is 6. The van der Waals surface area contributed by atoms with Crippen molar-refractivity contribution in [1.29, 1.82) is 0 Å². The highest BCUT2D eigenvalue weighted by molar-refractivity contribution is 7.98. The van der Waals surface area contributed by atoms with E-state index in [9.17, 15) is 4.79 Å². The molecule has 0 aliphatic rings. The number of thioether (sulfide) groups is 1. The van der Waals surface area contributed by atoms with Crippen molar-refractivity contribution in [2.45, 2.75) is 32.2 Å². The van der Waals surface area contributed by atoms with Crippen LogP contribution in [0, 0.1) is 0 Å². The van der Waals surface area contributed by atoms with Crippen LogP contribution in [0.1, 0.15) is 26.5 Å². The third-order valence-corrected chi connectivity index (χ3v) is 4.07. The Morgan fingerprint density at radius 2 is 2.35 bits per heavy atom. The van der Waals surface area contributed by atoms with Crippen molar-refractivity contribution in [2.24, 2.45) is 0 Å². The maximum atomic E-state index is 11.1. The standard InChI is InChI=1S/C11H18N2O2S2/c1-7(5-16-4)12-10-13-8(6-17-10)11(2,3)9(14)15/h6-7H,5H2,1-4H3,(H,12,13)(H,14,15). The lowest BCUT2D eigenvalue weighted by Gasteiger charge is -2.16. The Labute approximate surface area is 110 Å². The van der Waals surface area contributed by atoms with E-state index in [0.717, 1.165) is 10.9 Å². The number of carboxylic acids is 1. The molecule has 4 nitrogen and oxygen atoms in total. The van der Waals surface area contributed by atoms with E-state index >= 15 is 0 Å². The molecule has 1 aromatic heterocycles.